The number of phosphoric acid groups is 1. The Morgan fingerprint density at radius 3 is 0.846 bits per heavy atom. The minimum atomic E-state index is -4.64. The van der Waals surface area contributed by atoms with Crippen LogP contribution in [0.1, 0.15) is 0 Å². The van der Waals surface area contributed by atoms with E-state index < -0.39 is 14.0 Å². The summed E-state index contributed by atoms with van der Waals surface area (Å²) in [5.41, 5.74) is 0. The van der Waals surface area contributed by atoms with Gasteiger partial charge in [0.25, 0.3) is 0 Å². The molecule has 72 valence electrons. The molecule has 0 heterocycles. The molecule has 0 aliphatic carbocycles. The second kappa shape index (κ2) is 21.7. The summed E-state index contributed by atoms with van der Waals surface area (Å²) in [6.45, 7) is 0. The first-order valence-electron chi connectivity index (χ1n) is 1.43. The fourth-order valence-electron chi connectivity index (χ4n) is 0. The average Bonchev–Trinajstić information content (AvgIpc) is 1.19. The van der Waals surface area contributed by atoms with Crippen LogP contribution < -0.4 is 0 Å². The third-order valence-electron chi connectivity index (χ3n) is 0. The van der Waals surface area contributed by atoms with Crippen LogP contribution in [0.5, 0.6) is 0 Å². The van der Waals surface area contributed by atoms with E-state index in [1.807, 2.05) is 0 Å². The molecule has 0 rings (SSSR count). The van der Waals surface area contributed by atoms with Crippen LogP contribution in [0.3, 0.4) is 0 Å². The molecule has 0 radical (unpaired) electrons. The molecule has 0 atom stereocenters. The zero-order valence-corrected chi connectivity index (χ0v) is 4.89. The molecule has 12 heteroatoms. The van der Waals surface area contributed by atoms with Crippen LogP contribution in [0.2, 0.25) is 0 Å². The topological polar surface area (TPSA) is 135 Å². The van der Waals surface area contributed by atoms with Crippen LogP contribution in [0.25, 0.3) is 0 Å². The Hall–Kier alpha value is 4.42. The summed E-state index contributed by atoms with van der Waals surface area (Å²) in [6.07, 6.45) is -1.83. The summed E-state index contributed by atoms with van der Waals surface area (Å²) in [6, 6.07) is 0. The van der Waals surface area contributed by atoms with Gasteiger partial charge in [0.2, 0.25) is 0 Å². The number of hydrogen-bond donors (Lipinski definition) is 5. The first-order valence-corrected chi connectivity index (χ1v) is 3.00. The van der Waals surface area contributed by atoms with Gasteiger partial charge in [-0.3, -0.25) is 0 Å². The maximum absolute atomic E-state index is 8.88. The summed E-state index contributed by atoms with van der Waals surface area (Å²) in [5.74, 6) is 0. The standard InChI is InChI=1S/CH2O3.4Ca.H3O4P.8H/c2-1(3)4;;;;;1-5(2,3)4;;;;;;;;/h(H2,2,3,4);;;;;(H3,1,2,3,4);;;;;;;;. The van der Waals surface area contributed by atoms with E-state index in [4.69, 9.17) is 34.3 Å². The summed E-state index contributed by atoms with van der Waals surface area (Å²) in [7, 11) is -4.64. The third-order valence-corrected chi connectivity index (χ3v) is 0. The van der Waals surface area contributed by atoms with E-state index in [0.717, 1.165) is 0 Å². The predicted molar refractivity (Wildman–Crippen MR) is 59.1 cm³/mol. The van der Waals surface area contributed by atoms with Crippen molar-refractivity contribution in [3.05, 3.63) is 0 Å². The second-order valence-corrected chi connectivity index (χ2v) is 1.82. The van der Waals surface area contributed by atoms with E-state index in [-0.39, 0.29) is 151 Å². The van der Waals surface area contributed by atoms with E-state index in [1.165, 1.54) is 0 Å². The summed E-state index contributed by atoms with van der Waals surface area (Å²) >= 11 is 0. The van der Waals surface area contributed by atoms with Crippen LogP contribution in [0, 0.1) is 0 Å². The Morgan fingerprint density at radius 1 is 0.846 bits per heavy atom. The van der Waals surface area contributed by atoms with E-state index in [1.54, 1.807) is 0 Å². The Bertz CT molecular complexity index is 120. The van der Waals surface area contributed by atoms with E-state index in [2.05, 4.69) is 0 Å². The molecule has 0 aliphatic heterocycles. The van der Waals surface area contributed by atoms with Crippen molar-refractivity contribution in [2.75, 3.05) is 0 Å². The Morgan fingerprint density at radius 2 is 0.846 bits per heavy atom. The molecule has 0 aromatic heterocycles. The normalized spacial score (nSPS) is 6.38. The van der Waals surface area contributed by atoms with Gasteiger partial charge in [-0.25, -0.2) is 9.36 Å². The molecular formula is CH13Ca4O7P. The van der Waals surface area contributed by atoms with Gasteiger partial charge < -0.3 is 24.9 Å². The molecule has 0 fully saturated rings. The number of hydrogen-bond acceptors (Lipinski definition) is 2. The Balaban J connectivity index is -0.0000000146. The zero-order valence-electron chi connectivity index (χ0n) is 4.00. The van der Waals surface area contributed by atoms with Crippen LogP contribution in [-0.2, 0) is 4.57 Å². The Kier molecular flexibility index (Phi) is 60.1. The monoisotopic (exact) mass is 328 g/mol. The molecule has 0 bridgehead atoms. The molecule has 0 aromatic rings. The molecule has 0 spiro atoms. The molecule has 0 saturated heterocycles. The van der Waals surface area contributed by atoms with E-state index >= 15 is 0 Å². The summed E-state index contributed by atoms with van der Waals surface area (Å²) in [4.78, 5) is 30.1. The van der Waals surface area contributed by atoms with E-state index in [0.29, 0.717) is 0 Å². The van der Waals surface area contributed by atoms with Crippen LogP contribution in [0.15, 0.2) is 0 Å². The molecular weight excluding hydrogens is 315 g/mol. The minimum absolute atomic E-state index is 0. The van der Waals surface area contributed by atoms with Crippen molar-refractivity contribution < 1.29 is 34.3 Å². The fourth-order valence-corrected chi connectivity index (χ4v) is 0. The third kappa shape index (κ3) is 175. The van der Waals surface area contributed by atoms with Gasteiger partial charge >= 0.3 is 165 Å². The van der Waals surface area contributed by atoms with Gasteiger partial charge in [-0.05, 0) is 0 Å². The number of carboxylic acid groups (broad SMARTS) is 2. The zero-order chi connectivity index (χ0) is 8.08. The molecule has 0 aliphatic rings. The summed E-state index contributed by atoms with van der Waals surface area (Å²) in [5, 5.41) is 13.9. The maximum atomic E-state index is 8.88. The van der Waals surface area contributed by atoms with Gasteiger partial charge in [0, 0.05) is 0 Å². The average molecular weight is 328 g/mol. The quantitative estimate of drug-likeness (QED) is 0.224. The summed E-state index contributed by atoms with van der Waals surface area (Å²) < 4.78 is 8.88. The molecule has 13 heavy (non-hydrogen) atoms. The Labute approximate surface area is 194 Å². The van der Waals surface area contributed by atoms with Crippen LogP contribution in [0.4, 0.5) is 4.79 Å². The van der Waals surface area contributed by atoms with Crippen molar-refractivity contribution in [3.63, 3.8) is 0 Å². The fraction of sp³-hybridized carbons (Fsp3) is 0. The molecule has 7 nitrogen and oxygen atoms in total. The van der Waals surface area contributed by atoms with Crippen molar-refractivity contribution in [2.45, 2.75) is 0 Å². The van der Waals surface area contributed by atoms with Crippen molar-refractivity contribution >= 4 is 165 Å². The van der Waals surface area contributed by atoms with Crippen LogP contribution >= 0.6 is 7.82 Å². The van der Waals surface area contributed by atoms with Gasteiger partial charge in [-0.15, -0.1) is 0 Å². The van der Waals surface area contributed by atoms with Gasteiger partial charge in [0.15, 0.2) is 0 Å². The molecule has 0 amide bonds. The molecule has 0 saturated carbocycles. The van der Waals surface area contributed by atoms with Crippen molar-refractivity contribution in [3.8, 4) is 0 Å². The number of carbonyl (C=O) groups is 1. The van der Waals surface area contributed by atoms with Gasteiger partial charge in [0.05, 0.1) is 0 Å². The van der Waals surface area contributed by atoms with Gasteiger partial charge in [-0.1, -0.05) is 0 Å². The van der Waals surface area contributed by atoms with Gasteiger partial charge in [0.1, 0.15) is 0 Å². The number of rotatable bonds is 0. The predicted octanol–water partition coefficient (Wildman–Crippen LogP) is -4.37. The van der Waals surface area contributed by atoms with E-state index in [9.17, 15) is 0 Å². The van der Waals surface area contributed by atoms with Crippen molar-refractivity contribution in [2.24, 2.45) is 0 Å². The molecule has 0 aromatic carbocycles. The van der Waals surface area contributed by atoms with Crippen molar-refractivity contribution in [1.29, 1.82) is 0 Å². The van der Waals surface area contributed by atoms with Crippen molar-refractivity contribution in [1.82, 2.24) is 0 Å². The second-order valence-electron chi connectivity index (χ2n) is 0.796. The molecule has 5 N–H and O–H groups in total. The SMILES string of the molecule is O=C(O)O.O=P(O)(O)O.[CaH2].[CaH2].[CaH2].[CaH2]. The van der Waals surface area contributed by atoms with Gasteiger partial charge in [-0.2, -0.15) is 0 Å². The first-order chi connectivity index (χ1) is 3.73. The first kappa shape index (κ1) is 36.0. The molecule has 0 unspecified atom stereocenters. The van der Waals surface area contributed by atoms with Crippen LogP contribution in [-0.4, -0.2) is 182 Å².